The fourth-order valence-electron chi connectivity index (χ4n) is 5.25. The third kappa shape index (κ3) is 5.12. The molecule has 5 aromatic rings. The van der Waals surface area contributed by atoms with Crippen LogP contribution in [0.1, 0.15) is 38.0 Å². The number of carboxylic acids is 1. The standard InChI is InChI=1S/C30H23ClFN7O4/c1-37-24(12-14-33-37)20-4-2-5-21-19(20)13-15-38(27(21)28(40)34-18-10-8-17(9-11-18)30(42)43)29(41)23-16-39(36-35-23)25-7-3-6-22(31)26(25)32/h2-12,14,16,27H,13,15H2,1H3,(H,34,40)(H,42,43). The smallest absolute Gasteiger partial charge is 0.335 e. The summed E-state index contributed by atoms with van der Waals surface area (Å²) in [5.41, 5.74) is 3.60. The molecule has 0 radical (unpaired) electrons. The first-order valence-corrected chi connectivity index (χ1v) is 13.5. The number of anilines is 1. The SMILES string of the molecule is Cn1nccc1-c1cccc2c1CCN(C(=O)c1cn(-c3cccc(Cl)c3F)nn1)C2C(=O)Nc1ccc(C(=O)O)cc1. The van der Waals surface area contributed by atoms with Crippen LogP contribution in [0.15, 0.2) is 79.1 Å². The molecule has 3 aromatic carbocycles. The number of carbonyl (C=O) groups excluding carboxylic acids is 2. The Bertz CT molecular complexity index is 1890. The zero-order chi connectivity index (χ0) is 30.2. The van der Waals surface area contributed by atoms with Crippen LogP contribution >= 0.6 is 11.6 Å². The van der Waals surface area contributed by atoms with E-state index in [9.17, 15) is 23.9 Å². The van der Waals surface area contributed by atoms with Crippen molar-refractivity contribution in [3.8, 4) is 16.9 Å². The number of aryl methyl sites for hydroxylation is 1. The average molecular weight is 600 g/mol. The molecular formula is C30H23ClFN7O4. The van der Waals surface area contributed by atoms with Gasteiger partial charge < -0.3 is 15.3 Å². The normalized spacial score (nSPS) is 14.3. The van der Waals surface area contributed by atoms with Crippen molar-refractivity contribution in [1.29, 1.82) is 0 Å². The number of nitrogens with zero attached hydrogens (tertiary/aromatic N) is 6. The molecule has 2 amide bonds. The molecule has 2 N–H and O–H groups in total. The molecule has 216 valence electrons. The summed E-state index contributed by atoms with van der Waals surface area (Å²) in [5.74, 6) is -2.89. The Hall–Kier alpha value is -5.36. The highest BCUT2D eigenvalue weighted by molar-refractivity contribution is 6.30. The molecule has 43 heavy (non-hydrogen) atoms. The number of aromatic nitrogens is 5. The lowest BCUT2D eigenvalue weighted by molar-refractivity contribution is -0.121. The molecule has 0 saturated carbocycles. The van der Waals surface area contributed by atoms with E-state index in [2.05, 4.69) is 20.7 Å². The molecule has 13 heteroatoms. The predicted molar refractivity (Wildman–Crippen MR) is 154 cm³/mol. The average Bonchev–Trinajstić information content (AvgIpc) is 3.67. The fraction of sp³-hybridized carbons (Fsp3) is 0.133. The molecule has 0 bridgehead atoms. The lowest BCUT2D eigenvalue weighted by atomic mass is 9.87. The Balaban J connectivity index is 1.38. The van der Waals surface area contributed by atoms with Gasteiger partial charge in [-0.2, -0.15) is 5.10 Å². The Morgan fingerprint density at radius 1 is 1.05 bits per heavy atom. The Morgan fingerprint density at radius 3 is 2.53 bits per heavy atom. The lowest BCUT2D eigenvalue weighted by Gasteiger charge is -2.36. The molecule has 0 fully saturated rings. The number of carboxylic acid groups (broad SMARTS) is 1. The van der Waals surface area contributed by atoms with E-state index in [1.165, 1.54) is 47.5 Å². The quantitative estimate of drug-likeness (QED) is 0.293. The molecule has 2 aromatic heterocycles. The van der Waals surface area contributed by atoms with E-state index in [0.29, 0.717) is 17.7 Å². The van der Waals surface area contributed by atoms with Gasteiger partial charge in [0.1, 0.15) is 11.7 Å². The van der Waals surface area contributed by atoms with Gasteiger partial charge in [0.05, 0.1) is 22.5 Å². The van der Waals surface area contributed by atoms with Crippen molar-refractivity contribution < 1.29 is 23.9 Å². The van der Waals surface area contributed by atoms with E-state index in [-0.39, 0.29) is 28.5 Å². The molecule has 11 nitrogen and oxygen atoms in total. The van der Waals surface area contributed by atoms with Crippen molar-refractivity contribution in [1.82, 2.24) is 29.7 Å². The van der Waals surface area contributed by atoms with Gasteiger partial charge in [-0.05, 0) is 60.0 Å². The first-order valence-electron chi connectivity index (χ1n) is 13.1. The first kappa shape index (κ1) is 27.8. The summed E-state index contributed by atoms with van der Waals surface area (Å²) >= 11 is 5.92. The number of fused-ring (bicyclic) bond motifs is 1. The van der Waals surface area contributed by atoms with Gasteiger partial charge in [0.2, 0.25) is 0 Å². The maximum Gasteiger partial charge on any atom is 0.335 e. The second-order valence-corrected chi connectivity index (χ2v) is 10.3. The van der Waals surface area contributed by atoms with Gasteiger partial charge in [-0.25, -0.2) is 13.9 Å². The van der Waals surface area contributed by atoms with Gasteiger partial charge in [-0.15, -0.1) is 5.10 Å². The van der Waals surface area contributed by atoms with Crippen molar-refractivity contribution in [2.75, 3.05) is 11.9 Å². The molecule has 1 aliphatic heterocycles. The number of carbonyl (C=O) groups is 3. The lowest BCUT2D eigenvalue weighted by Crippen LogP contribution is -2.45. The van der Waals surface area contributed by atoms with Crippen LogP contribution in [0.2, 0.25) is 5.02 Å². The summed E-state index contributed by atoms with van der Waals surface area (Å²) in [7, 11) is 1.82. The van der Waals surface area contributed by atoms with Crippen molar-refractivity contribution in [2.24, 2.45) is 7.05 Å². The summed E-state index contributed by atoms with van der Waals surface area (Å²) < 4.78 is 17.5. The zero-order valence-electron chi connectivity index (χ0n) is 22.6. The number of hydrogen-bond donors (Lipinski definition) is 2. The Morgan fingerprint density at radius 2 is 1.81 bits per heavy atom. The molecule has 1 atom stereocenters. The third-order valence-corrected chi connectivity index (χ3v) is 7.61. The number of nitrogens with one attached hydrogen (secondary N) is 1. The Labute approximate surface area is 249 Å². The highest BCUT2D eigenvalue weighted by Crippen LogP contribution is 2.37. The largest absolute Gasteiger partial charge is 0.478 e. The number of aromatic carboxylic acids is 1. The van der Waals surface area contributed by atoms with Crippen LogP contribution in [0.3, 0.4) is 0 Å². The van der Waals surface area contributed by atoms with Gasteiger partial charge in [-0.1, -0.05) is 41.1 Å². The summed E-state index contributed by atoms with van der Waals surface area (Å²) in [6.45, 7) is 0.176. The van der Waals surface area contributed by atoms with Crippen LogP contribution in [0.5, 0.6) is 0 Å². The molecular weight excluding hydrogens is 577 g/mol. The molecule has 3 heterocycles. The molecule has 1 unspecified atom stereocenters. The van der Waals surface area contributed by atoms with Crippen LogP contribution in [-0.4, -0.2) is 59.1 Å². The summed E-state index contributed by atoms with van der Waals surface area (Å²) in [5, 5.41) is 24.1. The number of amides is 2. The fourth-order valence-corrected chi connectivity index (χ4v) is 5.42. The third-order valence-electron chi connectivity index (χ3n) is 7.32. The van der Waals surface area contributed by atoms with Crippen molar-refractivity contribution in [2.45, 2.75) is 12.5 Å². The van der Waals surface area contributed by atoms with Gasteiger partial charge in [0.15, 0.2) is 11.5 Å². The van der Waals surface area contributed by atoms with Crippen LogP contribution in [0, 0.1) is 5.82 Å². The molecule has 0 saturated heterocycles. The van der Waals surface area contributed by atoms with Gasteiger partial charge in [0.25, 0.3) is 11.8 Å². The van der Waals surface area contributed by atoms with Crippen molar-refractivity contribution in [3.05, 3.63) is 112 Å². The number of benzene rings is 3. The summed E-state index contributed by atoms with van der Waals surface area (Å²) in [6.07, 6.45) is 3.42. The zero-order valence-corrected chi connectivity index (χ0v) is 23.4. The van der Waals surface area contributed by atoms with Crippen LogP contribution in [0.4, 0.5) is 10.1 Å². The van der Waals surface area contributed by atoms with E-state index in [1.807, 2.05) is 25.2 Å². The van der Waals surface area contributed by atoms with Gasteiger partial charge in [0, 0.05) is 31.0 Å². The second-order valence-electron chi connectivity index (χ2n) is 9.86. The van der Waals surface area contributed by atoms with Gasteiger partial charge in [-0.3, -0.25) is 14.3 Å². The summed E-state index contributed by atoms with van der Waals surface area (Å²) in [6, 6.07) is 16.5. The minimum Gasteiger partial charge on any atom is -0.478 e. The minimum atomic E-state index is -1.09. The maximum absolute atomic E-state index is 14.6. The minimum absolute atomic E-state index is 0.0166. The topological polar surface area (TPSA) is 135 Å². The monoisotopic (exact) mass is 599 g/mol. The molecule has 6 rings (SSSR count). The predicted octanol–water partition coefficient (Wildman–Crippen LogP) is 4.54. The second kappa shape index (κ2) is 11.1. The Kier molecular flexibility index (Phi) is 7.20. The number of hydrogen-bond acceptors (Lipinski definition) is 6. The number of halogens is 2. The van der Waals surface area contributed by atoms with Gasteiger partial charge >= 0.3 is 5.97 Å². The van der Waals surface area contributed by atoms with E-state index < -0.39 is 29.6 Å². The van der Waals surface area contributed by atoms with Crippen LogP contribution in [0.25, 0.3) is 16.9 Å². The molecule has 0 aliphatic carbocycles. The van der Waals surface area contributed by atoms with E-state index in [4.69, 9.17) is 11.6 Å². The number of rotatable bonds is 6. The molecule has 0 spiro atoms. The van der Waals surface area contributed by atoms with Crippen molar-refractivity contribution >= 4 is 35.1 Å². The van der Waals surface area contributed by atoms with Crippen molar-refractivity contribution in [3.63, 3.8) is 0 Å². The maximum atomic E-state index is 14.6. The van der Waals surface area contributed by atoms with E-state index in [0.717, 1.165) is 21.5 Å². The van der Waals surface area contributed by atoms with E-state index in [1.54, 1.807) is 23.0 Å². The van der Waals surface area contributed by atoms with Crippen LogP contribution < -0.4 is 5.32 Å². The van der Waals surface area contributed by atoms with Crippen LogP contribution in [-0.2, 0) is 18.3 Å². The first-order chi connectivity index (χ1) is 20.7. The molecule has 1 aliphatic rings. The highest BCUT2D eigenvalue weighted by atomic mass is 35.5. The van der Waals surface area contributed by atoms with E-state index >= 15 is 0 Å². The summed E-state index contributed by atoms with van der Waals surface area (Å²) in [4.78, 5) is 40.5. The highest BCUT2D eigenvalue weighted by Gasteiger charge is 2.38.